The van der Waals surface area contributed by atoms with Crippen LogP contribution in [0.3, 0.4) is 0 Å². The van der Waals surface area contributed by atoms with Gasteiger partial charge < -0.3 is 19.9 Å². The maximum atomic E-state index is 12.3. The molecule has 7 heteroatoms. The molecule has 1 aliphatic heterocycles. The first-order valence-electron chi connectivity index (χ1n) is 7.86. The third kappa shape index (κ3) is 3.80. The summed E-state index contributed by atoms with van der Waals surface area (Å²) in [5.74, 6) is 1.18. The predicted octanol–water partition coefficient (Wildman–Crippen LogP) is 1.49. The quantitative estimate of drug-likeness (QED) is 0.917. The lowest BCUT2D eigenvalue weighted by atomic mass is 10.2. The van der Waals surface area contributed by atoms with Crippen molar-refractivity contribution in [3.63, 3.8) is 0 Å². The Morgan fingerprint density at radius 2 is 1.71 bits per heavy atom. The highest BCUT2D eigenvalue weighted by Gasteiger charge is 2.17. The number of anilines is 2. The zero-order valence-corrected chi connectivity index (χ0v) is 13.9. The molecule has 0 bridgehead atoms. The smallest absolute Gasteiger partial charge is 0.258 e. The van der Waals surface area contributed by atoms with E-state index in [2.05, 4.69) is 32.1 Å². The summed E-state index contributed by atoms with van der Waals surface area (Å²) in [7, 11) is 3.71. The highest BCUT2D eigenvalue weighted by molar-refractivity contribution is 6.03. The zero-order valence-electron chi connectivity index (χ0n) is 13.9. The van der Waals surface area contributed by atoms with E-state index in [-0.39, 0.29) is 5.91 Å². The molecule has 1 amide bonds. The van der Waals surface area contributed by atoms with E-state index in [0.29, 0.717) is 17.2 Å². The van der Waals surface area contributed by atoms with Crippen molar-refractivity contribution < 1.29 is 9.53 Å². The lowest BCUT2D eigenvalue weighted by Gasteiger charge is -2.32. The summed E-state index contributed by atoms with van der Waals surface area (Å²) in [6.45, 7) is 3.77. The third-order valence-corrected chi connectivity index (χ3v) is 4.03. The molecular weight excluding hydrogens is 306 g/mol. The molecule has 1 saturated heterocycles. The van der Waals surface area contributed by atoms with Crippen LogP contribution in [0.15, 0.2) is 36.7 Å². The number of nitrogens with one attached hydrogen (secondary N) is 1. The molecule has 126 valence electrons. The second-order valence-electron chi connectivity index (χ2n) is 5.74. The fourth-order valence-electron chi connectivity index (χ4n) is 2.49. The van der Waals surface area contributed by atoms with E-state index in [1.807, 2.05) is 0 Å². The van der Waals surface area contributed by atoms with Gasteiger partial charge in [-0.25, -0.2) is 9.97 Å². The molecule has 7 nitrogen and oxygen atoms in total. The molecule has 0 spiro atoms. The average molecular weight is 327 g/mol. The van der Waals surface area contributed by atoms with Crippen LogP contribution in [0, 0.1) is 0 Å². The Balaban J connectivity index is 1.62. The second-order valence-corrected chi connectivity index (χ2v) is 5.74. The van der Waals surface area contributed by atoms with Gasteiger partial charge in [0.2, 0.25) is 5.95 Å². The Bertz CT molecular complexity index is 679. The van der Waals surface area contributed by atoms with Gasteiger partial charge in [0.05, 0.1) is 12.7 Å². The maximum absolute atomic E-state index is 12.3. The fraction of sp³-hybridized carbons (Fsp3) is 0.353. The van der Waals surface area contributed by atoms with Gasteiger partial charge in [-0.05, 0) is 31.3 Å². The maximum Gasteiger partial charge on any atom is 0.258 e. The number of ether oxygens (including phenoxy) is 1. The van der Waals surface area contributed by atoms with E-state index in [1.54, 1.807) is 43.8 Å². The Kier molecular flexibility index (Phi) is 4.90. The van der Waals surface area contributed by atoms with E-state index in [4.69, 9.17) is 4.74 Å². The summed E-state index contributed by atoms with van der Waals surface area (Å²) in [4.78, 5) is 25.3. The molecule has 1 aliphatic rings. The van der Waals surface area contributed by atoms with E-state index in [9.17, 15) is 4.79 Å². The van der Waals surface area contributed by atoms with Crippen LogP contribution in [-0.2, 0) is 0 Å². The SMILES string of the molecule is COc1ccc(NC(=O)c2cnc(N3CCN(C)CC3)nc2)cc1. The van der Waals surface area contributed by atoms with E-state index < -0.39 is 0 Å². The first kappa shape index (κ1) is 16.2. The first-order valence-corrected chi connectivity index (χ1v) is 7.86. The van der Waals surface area contributed by atoms with Crippen molar-refractivity contribution in [1.29, 1.82) is 0 Å². The Morgan fingerprint density at radius 3 is 2.29 bits per heavy atom. The van der Waals surface area contributed by atoms with Crippen molar-refractivity contribution in [3.05, 3.63) is 42.2 Å². The van der Waals surface area contributed by atoms with Crippen molar-refractivity contribution in [1.82, 2.24) is 14.9 Å². The molecule has 0 saturated carbocycles. The Labute approximate surface area is 141 Å². The van der Waals surface area contributed by atoms with Crippen LogP contribution < -0.4 is 15.0 Å². The van der Waals surface area contributed by atoms with Crippen LogP contribution >= 0.6 is 0 Å². The number of carbonyl (C=O) groups is 1. The number of rotatable bonds is 4. The topological polar surface area (TPSA) is 70.6 Å². The molecule has 1 N–H and O–H groups in total. The van der Waals surface area contributed by atoms with Crippen LogP contribution in [0.25, 0.3) is 0 Å². The van der Waals surface area contributed by atoms with Gasteiger partial charge in [0.15, 0.2) is 0 Å². The van der Waals surface area contributed by atoms with Gasteiger partial charge in [0, 0.05) is 44.3 Å². The second kappa shape index (κ2) is 7.27. The van der Waals surface area contributed by atoms with Crippen molar-refractivity contribution in [2.45, 2.75) is 0 Å². The van der Waals surface area contributed by atoms with Crippen LogP contribution in [-0.4, -0.2) is 61.1 Å². The predicted molar refractivity (Wildman–Crippen MR) is 92.7 cm³/mol. The molecular formula is C17H21N5O2. The number of hydrogen-bond donors (Lipinski definition) is 1. The monoisotopic (exact) mass is 327 g/mol. The molecule has 2 heterocycles. The number of carbonyl (C=O) groups excluding carboxylic acids is 1. The number of hydrogen-bond acceptors (Lipinski definition) is 6. The van der Waals surface area contributed by atoms with Crippen LogP contribution in [0.1, 0.15) is 10.4 Å². The number of piperazine rings is 1. The number of aromatic nitrogens is 2. The summed E-state index contributed by atoms with van der Waals surface area (Å²) in [6.07, 6.45) is 3.14. The molecule has 0 radical (unpaired) electrons. The summed E-state index contributed by atoms with van der Waals surface area (Å²) >= 11 is 0. The normalized spacial score (nSPS) is 15.2. The summed E-state index contributed by atoms with van der Waals surface area (Å²) < 4.78 is 5.10. The third-order valence-electron chi connectivity index (χ3n) is 4.03. The average Bonchev–Trinajstić information content (AvgIpc) is 2.63. The van der Waals surface area contributed by atoms with Crippen molar-refractivity contribution in [2.75, 3.05) is 50.6 Å². The van der Waals surface area contributed by atoms with Gasteiger partial charge >= 0.3 is 0 Å². The molecule has 0 aliphatic carbocycles. The highest BCUT2D eigenvalue weighted by Crippen LogP contribution is 2.16. The fourth-order valence-corrected chi connectivity index (χ4v) is 2.49. The Hall–Kier alpha value is -2.67. The first-order chi connectivity index (χ1) is 11.7. The van der Waals surface area contributed by atoms with E-state index in [1.165, 1.54) is 0 Å². The summed E-state index contributed by atoms with van der Waals surface area (Å²) in [5, 5.41) is 2.82. The van der Waals surface area contributed by atoms with Gasteiger partial charge in [-0.15, -0.1) is 0 Å². The number of amides is 1. The molecule has 24 heavy (non-hydrogen) atoms. The molecule has 1 aromatic heterocycles. The number of nitrogens with zero attached hydrogens (tertiary/aromatic N) is 4. The minimum absolute atomic E-state index is 0.231. The van der Waals surface area contributed by atoms with Crippen LogP contribution in [0.4, 0.5) is 11.6 Å². The number of benzene rings is 1. The summed E-state index contributed by atoms with van der Waals surface area (Å²) in [6, 6.07) is 7.16. The molecule has 2 aromatic rings. The molecule has 0 atom stereocenters. The minimum atomic E-state index is -0.231. The molecule has 0 unspecified atom stereocenters. The van der Waals surface area contributed by atoms with Crippen molar-refractivity contribution >= 4 is 17.5 Å². The van der Waals surface area contributed by atoms with Gasteiger partial charge in [-0.3, -0.25) is 4.79 Å². The number of likely N-dealkylation sites (N-methyl/N-ethyl adjacent to an activating group) is 1. The summed E-state index contributed by atoms with van der Waals surface area (Å²) in [5.41, 5.74) is 1.13. The van der Waals surface area contributed by atoms with Crippen molar-refractivity contribution in [3.8, 4) is 5.75 Å². The molecule has 1 aromatic carbocycles. The lowest BCUT2D eigenvalue weighted by molar-refractivity contribution is 0.102. The largest absolute Gasteiger partial charge is 0.497 e. The van der Waals surface area contributed by atoms with Crippen LogP contribution in [0.2, 0.25) is 0 Å². The lowest BCUT2D eigenvalue weighted by Crippen LogP contribution is -2.45. The highest BCUT2D eigenvalue weighted by atomic mass is 16.5. The molecule has 3 rings (SSSR count). The standard InChI is InChI=1S/C17H21N5O2/c1-21-7-9-22(10-8-21)17-18-11-13(12-19-17)16(23)20-14-3-5-15(24-2)6-4-14/h3-6,11-12H,7-10H2,1-2H3,(H,20,23). The van der Waals surface area contributed by atoms with Gasteiger partial charge in [0.1, 0.15) is 5.75 Å². The van der Waals surface area contributed by atoms with Gasteiger partial charge in [-0.1, -0.05) is 0 Å². The Morgan fingerprint density at radius 1 is 1.08 bits per heavy atom. The number of methoxy groups -OCH3 is 1. The van der Waals surface area contributed by atoms with Gasteiger partial charge in [-0.2, -0.15) is 0 Å². The van der Waals surface area contributed by atoms with Gasteiger partial charge in [0.25, 0.3) is 5.91 Å². The minimum Gasteiger partial charge on any atom is -0.497 e. The van der Waals surface area contributed by atoms with Crippen LogP contribution in [0.5, 0.6) is 5.75 Å². The zero-order chi connectivity index (χ0) is 16.9. The van der Waals surface area contributed by atoms with E-state index >= 15 is 0 Å². The van der Waals surface area contributed by atoms with E-state index in [0.717, 1.165) is 31.9 Å². The molecule has 1 fully saturated rings. The van der Waals surface area contributed by atoms with Crippen molar-refractivity contribution in [2.24, 2.45) is 0 Å².